The first-order valence-corrected chi connectivity index (χ1v) is 16.9. The van der Waals surface area contributed by atoms with E-state index in [1.165, 1.54) is 47.4 Å². The van der Waals surface area contributed by atoms with Crippen molar-refractivity contribution in [1.29, 1.82) is 0 Å². The summed E-state index contributed by atoms with van der Waals surface area (Å²) in [6.45, 7) is 19.3. The van der Waals surface area contributed by atoms with Gasteiger partial charge in [-0.3, -0.25) is 4.90 Å². The van der Waals surface area contributed by atoms with E-state index in [1.54, 1.807) is 7.11 Å². The lowest BCUT2D eigenvalue weighted by Crippen LogP contribution is -2.36. The van der Waals surface area contributed by atoms with Crippen molar-refractivity contribution in [3.63, 3.8) is 0 Å². The van der Waals surface area contributed by atoms with Crippen molar-refractivity contribution in [1.82, 2.24) is 9.80 Å². The van der Waals surface area contributed by atoms with Gasteiger partial charge in [0, 0.05) is 42.2 Å². The lowest BCUT2D eigenvalue weighted by Gasteiger charge is -2.33. The molecule has 1 aliphatic rings. The number of methoxy groups -OCH3 is 1. The lowest BCUT2D eigenvalue weighted by atomic mass is 9.77. The van der Waals surface area contributed by atoms with Crippen LogP contribution < -0.4 is 4.74 Å². The van der Waals surface area contributed by atoms with E-state index >= 15 is 0 Å². The van der Waals surface area contributed by atoms with Gasteiger partial charge in [0.05, 0.1) is 7.11 Å². The maximum absolute atomic E-state index is 13.6. The third kappa shape index (κ3) is 8.95. The minimum Gasteiger partial charge on any atom is -0.496 e. The number of hydrogen-bond donors (Lipinski definition) is 0. The molecule has 4 rings (SSSR count). The van der Waals surface area contributed by atoms with Crippen LogP contribution in [-0.2, 0) is 10.8 Å². The average Bonchev–Trinajstić information content (AvgIpc) is 3.49. The van der Waals surface area contributed by atoms with Crippen LogP contribution in [0.5, 0.6) is 5.75 Å². The summed E-state index contributed by atoms with van der Waals surface area (Å²) in [4.78, 5) is 5.21. The second-order valence-corrected chi connectivity index (χ2v) is 15.2. The molecule has 246 valence electrons. The fourth-order valence-electron chi connectivity index (χ4n) is 6.90. The van der Waals surface area contributed by atoms with E-state index in [-0.39, 0.29) is 28.4 Å². The second-order valence-electron chi connectivity index (χ2n) is 15.2. The van der Waals surface area contributed by atoms with Crippen molar-refractivity contribution < 1.29 is 13.5 Å². The summed E-state index contributed by atoms with van der Waals surface area (Å²) < 4.78 is 33.2. The van der Waals surface area contributed by atoms with Crippen LogP contribution in [0.25, 0.3) is 0 Å². The number of unbranched alkanes of at least 4 members (excludes halogenated alkanes) is 2. The van der Waals surface area contributed by atoms with Gasteiger partial charge in [-0.15, -0.1) is 0 Å². The average molecular weight is 619 g/mol. The summed E-state index contributed by atoms with van der Waals surface area (Å²) in [5.41, 5.74) is 6.11. The highest BCUT2D eigenvalue weighted by Gasteiger charge is 2.32. The molecule has 0 aromatic heterocycles. The highest BCUT2D eigenvalue weighted by Crippen LogP contribution is 2.42. The normalized spacial score (nSPS) is 17.0. The number of benzene rings is 3. The zero-order chi connectivity index (χ0) is 32.9. The van der Waals surface area contributed by atoms with Crippen LogP contribution >= 0.6 is 0 Å². The molecule has 1 heterocycles. The topological polar surface area (TPSA) is 15.7 Å². The van der Waals surface area contributed by atoms with Gasteiger partial charge < -0.3 is 9.64 Å². The first-order chi connectivity index (χ1) is 21.2. The van der Waals surface area contributed by atoms with E-state index in [0.29, 0.717) is 12.1 Å². The molecule has 1 fully saturated rings. The monoisotopic (exact) mass is 618 g/mol. The highest BCUT2D eigenvalue weighted by molar-refractivity contribution is 5.51. The predicted octanol–water partition coefficient (Wildman–Crippen LogP) is 10.0. The summed E-state index contributed by atoms with van der Waals surface area (Å²) in [6.07, 6.45) is 5.50. The molecule has 0 spiro atoms. The zero-order valence-electron chi connectivity index (χ0n) is 29.2. The molecule has 5 heteroatoms. The van der Waals surface area contributed by atoms with Gasteiger partial charge in [-0.2, -0.15) is 0 Å². The molecule has 0 amide bonds. The van der Waals surface area contributed by atoms with Crippen molar-refractivity contribution in [3.8, 4) is 5.75 Å². The van der Waals surface area contributed by atoms with Gasteiger partial charge in [0.25, 0.3) is 0 Å². The van der Waals surface area contributed by atoms with Gasteiger partial charge in [-0.25, -0.2) is 8.78 Å². The van der Waals surface area contributed by atoms with Crippen LogP contribution in [0.2, 0.25) is 0 Å². The summed E-state index contributed by atoms with van der Waals surface area (Å²) >= 11 is 0. The quantitative estimate of drug-likeness (QED) is 0.188. The minimum absolute atomic E-state index is 0.00706. The maximum atomic E-state index is 13.6. The second kappa shape index (κ2) is 14.8. The largest absolute Gasteiger partial charge is 0.496 e. The lowest BCUT2D eigenvalue weighted by molar-refractivity contribution is 0.205. The molecule has 0 radical (unpaired) electrons. The molecule has 1 saturated heterocycles. The zero-order valence-corrected chi connectivity index (χ0v) is 29.2. The van der Waals surface area contributed by atoms with Crippen molar-refractivity contribution in [2.45, 2.75) is 109 Å². The molecule has 0 aliphatic carbocycles. The Morgan fingerprint density at radius 2 is 1.31 bits per heavy atom. The standard InChI is InChI=1S/C40H56F2N2O/c1-28(31-25-36(39(2,3)4)38(45-9)37(26-31)40(5,6)7)44-24-22-34(27-44)43(8)23-12-10-11-13-35(29-14-18-32(41)19-15-29)30-16-20-33(42)21-17-30/h14-21,25-26,28,34-35H,10-13,22-24,27H2,1-9H3/t28?,34-/m0/s1. The molecule has 3 aromatic rings. The molecule has 2 atom stereocenters. The van der Waals surface area contributed by atoms with E-state index in [0.717, 1.165) is 62.2 Å². The van der Waals surface area contributed by atoms with Crippen LogP contribution in [0.15, 0.2) is 60.7 Å². The number of nitrogens with zero attached hydrogens (tertiary/aromatic N) is 2. The fraction of sp³-hybridized carbons (Fsp3) is 0.550. The molecular weight excluding hydrogens is 562 g/mol. The molecule has 1 aliphatic heterocycles. The van der Waals surface area contributed by atoms with Gasteiger partial charge in [-0.1, -0.05) is 78.6 Å². The first-order valence-electron chi connectivity index (χ1n) is 16.9. The summed E-state index contributed by atoms with van der Waals surface area (Å²) in [5.74, 6) is 0.719. The van der Waals surface area contributed by atoms with Crippen molar-refractivity contribution in [2.75, 3.05) is 33.8 Å². The van der Waals surface area contributed by atoms with Crippen LogP contribution in [0.3, 0.4) is 0 Å². The molecule has 3 aromatic carbocycles. The number of likely N-dealkylation sites (N-methyl/N-ethyl adjacent to an activating group) is 1. The van der Waals surface area contributed by atoms with Crippen molar-refractivity contribution in [2.24, 2.45) is 0 Å². The Bertz CT molecular complexity index is 1290. The molecule has 1 unspecified atom stereocenters. The smallest absolute Gasteiger partial charge is 0.126 e. The number of halogens is 2. The van der Waals surface area contributed by atoms with Crippen LogP contribution in [0.4, 0.5) is 8.78 Å². The van der Waals surface area contributed by atoms with E-state index < -0.39 is 0 Å². The Morgan fingerprint density at radius 1 is 0.800 bits per heavy atom. The Hall–Kier alpha value is -2.76. The van der Waals surface area contributed by atoms with Gasteiger partial charge in [0.15, 0.2) is 0 Å². The van der Waals surface area contributed by atoms with E-state index in [1.807, 2.05) is 24.3 Å². The van der Waals surface area contributed by atoms with Gasteiger partial charge in [0.1, 0.15) is 17.4 Å². The minimum atomic E-state index is -0.229. The summed E-state index contributed by atoms with van der Waals surface area (Å²) in [5, 5.41) is 0. The van der Waals surface area contributed by atoms with E-state index in [9.17, 15) is 8.78 Å². The van der Waals surface area contributed by atoms with Crippen molar-refractivity contribution in [3.05, 3.63) is 100 Å². The van der Waals surface area contributed by atoms with Crippen LogP contribution in [0.1, 0.15) is 120 Å². The SMILES string of the molecule is COc1c(C(C)(C)C)cc(C(C)N2CC[C@H](N(C)CCCCCC(c3ccc(F)cc3)c3ccc(F)cc3)C2)cc1C(C)(C)C. The van der Waals surface area contributed by atoms with E-state index in [2.05, 4.69) is 77.4 Å². The summed E-state index contributed by atoms with van der Waals surface area (Å²) in [6, 6.07) is 19.2. The molecule has 0 N–H and O–H groups in total. The van der Waals surface area contributed by atoms with Crippen LogP contribution in [-0.4, -0.2) is 49.6 Å². The number of rotatable bonds is 12. The van der Waals surface area contributed by atoms with Crippen LogP contribution in [0, 0.1) is 11.6 Å². The molecular formula is C40H56F2N2O. The van der Waals surface area contributed by atoms with Gasteiger partial charge in [-0.05, 0) is 104 Å². The van der Waals surface area contributed by atoms with E-state index in [4.69, 9.17) is 4.74 Å². The Kier molecular flexibility index (Phi) is 11.5. The Labute approximate surface area is 272 Å². The molecule has 3 nitrogen and oxygen atoms in total. The maximum Gasteiger partial charge on any atom is 0.126 e. The predicted molar refractivity (Wildman–Crippen MR) is 185 cm³/mol. The fourth-order valence-corrected chi connectivity index (χ4v) is 6.90. The third-order valence-electron chi connectivity index (χ3n) is 9.83. The highest BCUT2D eigenvalue weighted by atomic mass is 19.1. The Morgan fingerprint density at radius 3 is 1.78 bits per heavy atom. The number of ether oxygens (including phenoxy) is 1. The molecule has 45 heavy (non-hydrogen) atoms. The molecule has 0 bridgehead atoms. The van der Waals surface area contributed by atoms with Crippen molar-refractivity contribution >= 4 is 0 Å². The summed E-state index contributed by atoms with van der Waals surface area (Å²) in [7, 11) is 4.08. The Balaban J connectivity index is 1.33. The number of likely N-dealkylation sites (tertiary alicyclic amines) is 1. The first kappa shape index (κ1) is 35.1. The third-order valence-corrected chi connectivity index (χ3v) is 9.83. The number of hydrogen-bond acceptors (Lipinski definition) is 3. The molecule has 0 saturated carbocycles. The van der Waals surface area contributed by atoms with Gasteiger partial charge in [0.2, 0.25) is 0 Å². The van der Waals surface area contributed by atoms with Gasteiger partial charge >= 0.3 is 0 Å².